The van der Waals surface area contributed by atoms with E-state index >= 15 is 0 Å². The van der Waals surface area contributed by atoms with Crippen molar-refractivity contribution >= 4 is 12.0 Å². The summed E-state index contributed by atoms with van der Waals surface area (Å²) in [6.07, 6.45) is 1.38. The van der Waals surface area contributed by atoms with Crippen molar-refractivity contribution in [3.05, 3.63) is 29.8 Å². The Labute approximate surface area is 84.7 Å². The lowest BCUT2D eigenvalue weighted by Gasteiger charge is -2.08. The van der Waals surface area contributed by atoms with Crippen LogP contribution in [0, 0.1) is 6.92 Å². The summed E-state index contributed by atoms with van der Waals surface area (Å²) in [7, 11) is 0. The Morgan fingerprint density at radius 1 is 1.31 bits per heavy atom. The zero-order valence-corrected chi connectivity index (χ0v) is 9.23. The number of hydrogen-bond acceptors (Lipinski definition) is 2. The fourth-order valence-electron chi connectivity index (χ4n) is 0.800. The van der Waals surface area contributed by atoms with E-state index in [0.717, 1.165) is 6.42 Å². The van der Waals surface area contributed by atoms with Crippen LogP contribution in [0.3, 0.4) is 0 Å². The molecule has 0 spiro atoms. The fraction of sp³-hybridized carbons (Fsp3) is 0.455. The van der Waals surface area contributed by atoms with Crippen LogP contribution in [0.1, 0.15) is 25.8 Å². The van der Waals surface area contributed by atoms with Crippen molar-refractivity contribution in [2.24, 2.45) is 0 Å². The van der Waals surface area contributed by atoms with Gasteiger partial charge in [0, 0.05) is 16.9 Å². The highest BCUT2D eigenvalue weighted by Crippen LogP contribution is 2.21. The number of hydrogen-bond donors (Lipinski definition) is 0. The van der Waals surface area contributed by atoms with Crippen LogP contribution in [0.25, 0.3) is 0 Å². The van der Waals surface area contributed by atoms with Crippen molar-refractivity contribution in [1.82, 2.24) is 0 Å². The number of benzene rings is 1. The molecule has 0 aromatic heterocycles. The van der Waals surface area contributed by atoms with Gasteiger partial charge in [0.25, 0.3) is 0 Å². The summed E-state index contributed by atoms with van der Waals surface area (Å²) in [6.45, 7) is 6.30. The average molecular weight is 196 g/mol. The van der Waals surface area contributed by atoms with E-state index in [2.05, 4.69) is 45.0 Å². The standard InChI is InChI=1S/C11H16OS/c1-4-10(3)12-13-11-7-5-9(2)6-8-11/h5-8,10H,4H2,1-3H3. The third-order valence-electron chi connectivity index (χ3n) is 1.90. The van der Waals surface area contributed by atoms with Crippen molar-refractivity contribution in [3.8, 4) is 0 Å². The second-order valence-electron chi connectivity index (χ2n) is 3.21. The highest BCUT2D eigenvalue weighted by molar-refractivity contribution is 7.94. The van der Waals surface area contributed by atoms with E-state index in [-0.39, 0.29) is 0 Å². The normalized spacial score (nSPS) is 12.8. The molecule has 13 heavy (non-hydrogen) atoms. The molecule has 1 rings (SSSR count). The molecule has 0 heterocycles. The molecule has 1 nitrogen and oxygen atoms in total. The summed E-state index contributed by atoms with van der Waals surface area (Å²) in [5, 5.41) is 0. The van der Waals surface area contributed by atoms with E-state index in [1.54, 1.807) is 0 Å². The molecule has 0 aliphatic carbocycles. The molecular weight excluding hydrogens is 180 g/mol. The summed E-state index contributed by atoms with van der Waals surface area (Å²) in [5.41, 5.74) is 1.29. The molecule has 1 atom stereocenters. The second kappa shape index (κ2) is 5.30. The first-order valence-corrected chi connectivity index (χ1v) is 5.36. The molecule has 0 saturated carbocycles. The summed E-state index contributed by atoms with van der Waals surface area (Å²) >= 11 is 1.46. The Bertz CT molecular complexity index is 243. The minimum atomic E-state index is 0.325. The molecule has 1 aromatic rings. The molecule has 0 aliphatic heterocycles. The van der Waals surface area contributed by atoms with E-state index in [0.29, 0.717) is 6.10 Å². The first kappa shape index (κ1) is 10.6. The van der Waals surface area contributed by atoms with Gasteiger partial charge in [-0.15, -0.1) is 0 Å². The Balaban J connectivity index is 2.41. The van der Waals surface area contributed by atoms with Crippen LogP contribution in [0.2, 0.25) is 0 Å². The SMILES string of the molecule is CCC(C)OSc1ccc(C)cc1. The zero-order valence-electron chi connectivity index (χ0n) is 8.41. The lowest BCUT2D eigenvalue weighted by molar-refractivity contribution is 0.259. The smallest absolute Gasteiger partial charge is 0.0696 e. The highest BCUT2D eigenvalue weighted by atomic mass is 32.2. The monoisotopic (exact) mass is 196 g/mol. The maximum atomic E-state index is 5.53. The Morgan fingerprint density at radius 3 is 2.46 bits per heavy atom. The van der Waals surface area contributed by atoms with Crippen molar-refractivity contribution in [2.75, 3.05) is 0 Å². The molecule has 0 amide bonds. The summed E-state index contributed by atoms with van der Waals surface area (Å²) in [4.78, 5) is 1.17. The molecule has 72 valence electrons. The second-order valence-corrected chi connectivity index (χ2v) is 4.04. The molecule has 0 saturated heterocycles. The minimum Gasteiger partial charge on any atom is -0.307 e. The van der Waals surface area contributed by atoms with Gasteiger partial charge in [-0.25, -0.2) is 0 Å². The topological polar surface area (TPSA) is 9.23 Å². The first-order chi connectivity index (χ1) is 6.22. The minimum absolute atomic E-state index is 0.325. The Kier molecular flexibility index (Phi) is 4.33. The van der Waals surface area contributed by atoms with Gasteiger partial charge in [-0.2, -0.15) is 0 Å². The Hall–Kier alpha value is -0.470. The van der Waals surface area contributed by atoms with Crippen LogP contribution >= 0.6 is 12.0 Å². The Morgan fingerprint density at radius 2 is 1.92 bits per heavy atom. The van der Waals surface area contributed by atoms with E-state index in [1.165, 1.54) is 22.5 Å². The van der Waals surface area contributed by atoms with Crippen molar-refractivity contribution in [1.29, 1.82) is 0 Å². The first-order valence-electron chi connectivity index (χ1n) is 4.62. The van der Waals surface area contributed by atoms with Crippen molar-refractivity contribution < 1.29 is 4.18 Å². The third kappa shape index (κ3) is 3.83. The third-order valence-corrected chi connectivity index (χ3v) is 2.79. The van der Waals surface area contributed by atoms with E-state index in [9.17, 15) is 0 Å². The summed E-state index contributed by atoms with van der Waals surface area (Å²) in [6, 6.07) is 8.37. The van der Waals surface area contributed by atoms with E-state index in [1.807, 2.05) is 0 Å². The lowest BCUT2D eigenvalue weighted by atomic mass is 10.2. The highest BCUT2D eigenvalue weighted by Gasteiger charge is 2.00. The van der Waals surface area contributed by atoms with Crippen molar-refractivity contribution in [2.45, 2.75) is 38.2 Å². The molecule has 0 aliphatic rings. The van der Waals surface area contributed by atoms with Crippen molar-refractivity contribution in [3.63, 3.8) is 0 Å². The van der Waals surface area contributed by atoms with E-state index < -0.39 is 0 Å². The zero-order chi connectivity index (χ0) is 9.68. The number of aryl methyl sites for hydroxylation is 1. The van der Waals surface area contributed by atoms with Crippen LogP contribution in [-0.2, 0) is 4.18 Å². The molecule has 1 aromatic carbocycles. The molecule has 1 unspecified atom stereocenters. The summed E-state index contributed by atoms with van der Waals surface area (Å²) < 4.78 is 5.53. The van der Waals surface area contributed by atoms with Crippen LogP contribution in [0.4, 0.5) is 0 Å². The van der Waals surface area contributed by atoms with Gasteiger partial charge in [0.1, 0.15) is 0 Å². The predicted molar refractivity (Wildman–Crippen MR) is 57.9 cm³/mol. The average Bonchev–Trinajstić information content (AvgIpc) is 2.16. The fourth-order valence-corrected chi connectivity index (χ4v) is 1.46. The molecule has 0 radical (unpaired) electrons. The predicted octanol–water partition coefficient (Wildman–Crippen LogP) is 3.82. The summed E-state index contributed by atoms with van der Waals surface area (Å²) in [5.74, 6) is 0. The molecule has 0 fully saturated rings. The maximum Gasteiger partial charge on any atom is 0.0696 e. The van der Waals surface area contributed by atoms with Gasteiger partial charge in [0.15, 0.2) is 0 Å². The van der Waals surface area contributed by atoms with Gasteiger partial charge in [0.05, 0.1) is 6.10 Å². The van der Waals surface area contributed by atoms with Gasteiger partial charge < -0.3 is 4.18 Å². The van der Waals surface area contributed by atoms with Crippen LogP contribution in [0.5, 0.6) is 0 Å². The maximum absolute atomic E-state index is 5.53. The quantitative estimate of drug-likeness (QED) is 0.677. The van der Waals surface area contributed by atoms with Crippen LogP contribution < -0.4 is 0 Å². The number of rotatable bonds is 4. The molecule has 2 heteroatoms. The van der Waals surface area contributed by atoms with Gasteiger partial charge in [-0.1, -0.05) is 24.6 Å². The van der Waals surface area contributed by atoms with Gasteiger partial charge in [-0.3, -0.25) is 0 Å². The van der Waals surface area contributed by atoms with Crippen LogP contribution in [-0.4, -0.2) is 6.10 Å². The van der Waals surface area contributed by atoms with Gasteiger partial charge in [0.2, 0.25) is 0 Å². The van der Waals surface area contributed by atoms with Gasteiger partial charge in [-0.05, 0) is 32.4 Å². The van der Waals surface area contributed by atoms with Crippen LogP contribution in [0.15, 0.2) is 29.2 Å². The molecule has 0 bridgehead atoms. The lowest BCUT2D eigenvalue weighted by Crippen LogP contribution is -1.99. The molecule has 0 N–H and O–H groups in total. The van der Waals surface area contributed by atoms with E-state index in [4.69, 9.17) is 4.18 Å². The largest absolute Gasteiger partial charge is 0.307 e. The molecular formula is C11H16OS. The van der Waals surface area contributed by atoms with Gasteiger partial charge >= 0.3 is 0 Å².